The lowest BCUT2D eigenvalue weighted by Gasteiger charge is -2.26. The molecule has 0 atom stereocenters. The number of nitrogens with zero attached hydrogens (tertiary/aromatic N) is 2. The molecule has 1 aromatic rings. The minimum absolute atomic E-state index is 0.0638. The van der Waals surface area contributed by atoms with E-state index in [4.69, 9.17) is 5.73 Å². The Bertz CT molecular complexity index is 422. The zero-order chi connectivity index (χ0) is 13.9. The SMILES string of the molecule is CCNc1nc(N)c(C(=O)N(C)CC(C)(C)C)s1. The maximum absolute atomic E-state index is 12.2. The van der Waals surface area contributed by atoms with E-state index in [0.717, 1.165) is 6.54 Å². The van der Waals surface area contributed by atoms with Gasteiger partial charge in [-0.3, -0.25) is 4.79 Å². The summed E-state index contributed by atoms with van der Waals surface area (Å²) in [5, 5.41) is 3.76. The van der Waals surface area contributed by atoms with Crippen LogP contribution in [0.15, 0.2) is 0 Å². The number of rotatable bonds is 4. The van der Waals surface area contributed by atoms with Crippen LogP contribution in [0.5, 0.6) is 0 Å². The van der Waals surface area contributed by atoms with E-state index >= 15 is 0 Å². The van der Waals surface area contributed by atoms with E-state index in [1.165, 1.54) is 11.3 Å². The number of hydrogen-bond acceptors (Lipinski definition) is 5. The predicted octanol–water partition coefficient (Wildman–Crippen LogP) is 2.28. The molecule has 1 aromatic heterocycles. The molecule has 3 N–H and O–H groups in total. The molecule has 0 aliphatic rings. The first-order valence-corrected chi connectivity index (χ1v) is 6.82. The zero-order valence-corrected chi connectivity index (χ0v) is 12.5. The van der Waals surface area contributed by atoms with Gasteiger partial charge in [-0.25, -0.2) is 4.98 Å². The molecule has 18 heavy (non-hydrogen) atoms. The topological polar surface area (TPSA) is 71.2 Å². The first kappa shape index (κ1) is 14.8. The number of nitrogens with one attached hydrogen (secondary N) is 1. The molecule has 0 aliphatic carbocycles. The van der Waals surface area contributed by atoms with Gasteiger partial charge in [-0.05, 0) is 12.3 Å². The number of nitrogens with two attached hydrogens (primary N) is 1. The third-order valence-electron chi connectivity index (χ3n) is 2.23. The molecule has 0 saturated heterocycles. The van der Waals surface area contributed by atoms with Crippen LogP contribution in [0, 0.1) is 5.41 Å². The number of nitrogen functional groups attached to an aromatic ring is 1. The van der Waals surface area contributed by atoms with Gasteiger partial charge in [0.05, 0.1) is 0 Å². The maximum atomic E-state index is 12.2. The largest absolute Gasteiger partial charge is 0.382 e. The average Bonchev–Trinajstić information content (AvgIpc) is 2.56. The van der Waals surface area contributed by atoms with Crippen LogP contribution in [0.4, 0.5) is 10.9 Å². The monoisotopic (exact) mass is 270 g/mol. The molecule has 0 aliphatic heterocycles. The Morgan fingerprint density at radius 1 is 1.50 bits per heavy atom. The van der Waals surface area contributed by atoms with E-state index < -0.39 is 0 Å². The molecule has 5 nitrogen and oxygen atoms in total. The first-order valence-electron chi connectivity index (χ1n) is 6.00. The molecule has 0 unspecified atom stereocenters. The highest BCUT2D eigenvalue weighted by Crippen LogP contribution is 2.26. The second kappa shape index (κ2) is 5.56. The Labute approximate surface area is 112 Å². The number of carbonyl (C=O) groups excluding carboxylic acids is 1. The minimum atomic E-state index is -0.0657. The van der Waals surface area contributed by atoms with Gasteiger partial charge in [-0.1, -0.05) is 32.1 Å². The van der Waals surface area contributed by atoms with Crippen LogP contribution < -0.4 is 11.1 Å². The highest BCUT2D eigenvalue weighted by atomic mass is 32.1. The normalized spacial score (nSPS) is 11.4. The fourth-order valence-corrected chi connectivity index (χ4v) is 2.62. The lowest BCUT2D eigenvalue weighted by molar-refractivity contribution is 0.0751. The molecule has 0 saturated carbocycles. The van der Waals surface area contributed by atoms with E-state index in [-0.39, 0.29) is 11.3 Å². The Hall–Kier alpha value is -1.30. The van der Waals surface area contributed by atoms with Gasteiger partial charge >= 0.3 is 0 Å². The van der Waals surface area contributed by atoms with Crippen molar-refractivity contribution in [1.82, 2.24) is 9.88 Å². The number of aromatic nitrogens is 1. The second-order valence-corrected chi connectivity index (χ2v) is 6.48. The number of anilines is 2. The average molecular weight is 270 g/mol. The van der Waals surface area contributed by atoms with Crippen molar-refractivity contribution in [2.45, 2.75) is 27.7 Å². The van der Waals surface area contributed by atoms with Gasteiger partial charge in [0.25, 0.3) is 5.91 Å². The second-order valence-electron chi connectivity index (χ2n) is 5.49. The standard InChI is InChI=1S/C12H22N4OS/c1-6-14-11-15-9(13)8(18-11)10(17)16(5)7-12(2,3)4/h6-7,13H2,1-5H3,(H,14,15). The summed E-state index contributed by atoms with van der Waals surface area (Å²) in [6.07, 6.45) is 0. The fraction of sp³-hybridized carbons (Fsp3) is 0.667. The zero-order valence-electron chi connectivity index (χ0n) is 11.7. The maximum Gasteiger partial charge on any atom is 0.267 e. The van der Waals surface area contributed by atoms with E-state index in [1.807, 2.05) is 6.92 Å². The predicted molar refractivity (Wildman–Crippen MR) is 77.1 cm³/mol. The Balaban J connectivity index is 2.83. The van der Waals surface area contributed by atoms with Crippen molar-refractivity contribution in [2.75, 3.05) is 31.2 Å². The molecule has 0 fully saturated rings. The smallest absolute Gasteiger partial charge is 0.267 e. The van der Waals surface area contributed by atoms with Crippen LogP contribution in [0.3, 0.4) is 0 Å². The summed E-state index contributed by atoms with van der Waals surface area (Å²) in [5.41, 5.74) is 5.85. The third kappa shape index (κ3) is 3.87. The van der Waals surface area contributed by atoms with Crippen LogP contribution in [-0.4, -0.2) is 35.9 Å². The van der Waals surface area contributed by atoms with E-state index in [9.17, 15) is 4.79 Å². The summed E-state index contributed by atoms with van der Waals surface area (Å²) >= 11 is 1.31. The molecule has 0 radical (unpaired) electrons. The van der Waals surface area contributed by atoms with Crippen molar-refractivity contribution < 1.29 is 4.79 Å². The van der Waals surface area contributed by atoms with Gasteiger partial charge in [0.15, 0.2) is 5.13 Å². The summed E-state index contributed by atoms with van der Waals surface area (Å²) in [6.45, 7) is 9.70. The lowest BCUT2D eigenvalue weighted by Crippen LogP contribution is -2.34. The van der Waals surface area contributed by atoms with Crippen LogP contribution >= 0.6 is 11.3 Å². The molecule has 1 heterocycles. The van der Waals surface area contributed by atoms with Crippen molar-refractivity contribution >= 4 is 28.2 Å². The quantitative estimate of drug-likeness (QED) is 0.880. The minimum Gasteiger partial charge on any atom is -0.382 e. The Kier molecular flexibility index (Phi) is 4.56. The highest BCUT2D eigenvalue weighted by Gasteiger charge is 2.23. The van der Waals surface area contributed by atoms with Gasteiger partial charge in [-0.15, -0.1) is 0 Å². The summed E-state index contributed by atoms with van der Waals surface area (Å²) in [7, 11) is 1.79. The molecule has 1 amide bonds. The van der Waals surface area contributed by atoms with E-state index in [2.05, 4.69) is 31.1 Å². The summed E-state index contributed by atoms with van der Waals surface area (Å²) in [4.78, 5) is 18.6. The molecule has 0 spiro atoms. The number of carbonyl (C=O) groups is 1. The lowest BCUT2D eigenvalue weighted by atomic mass is 9.96. The summed E-state index contributed by atoms with van der Waals surface area (Å²) < 4.78 is 0. The van der Waals surface area contributed by atoms with Crippen molar-refractivity contribution in [3.63, 3.8) is 0 Å². The van der Waals surface area contributed by atoms with Gasteiger partial charge in [0, 0.05) is 20.1 Å². The number of amides is 1. The fourth-order valence-electron chi connectivity index (χ4n) is 1.67. The van der Waals surface area contributed by atoms with Crippen LogP contribution in [0.1, 0.15) is 37.4 Å². The van der Waals surface area contributed by atoms with Gasteiger partial charge in [0.2, 0.25) is 0 Å². The van der Waals surface area contributed by atoms with E-state index in [0.29, 0.717) is 22.4 Å². The number of hydrogen-bond donors (Lipinski definition) is 2. The Morgan fingerprint density at radius 2 is 2.11 bits per heavy atom. The highest BCUT2D eigenvalue weighted by molar-refractivity contribution is 7.18. The first-order chi connectivity index (χ1) is 8.24. The van der Waals surface area contributed by atoms with Crippen LogP contribution in [0.25, 0.3) is 0 Å². The third-order valence-corrected chi connectivity index (χ3v) is 3.25. The molecular weight excluding hydrogens is 248 g/mol. The number of thiazole rings is 1. The van der Waals surface area contributed by atoms with Crippen molar-refractivity contribution in [2.24, 2.45) is 5.41 Å². The Morgan fingerprint density at radius 3 is 2.61 bits per heavy atom. The van der Waals surface area contributed by atoms with Crippen LogP contribution in [0.2, 0.25) is 0 Å². The molecule has 0 bridgehead atoms. The van der Waals surface area contributed by atoms with Crippen molar-refractivity contribution in [1.29, 1.82) is 0 Å². The summed E-state index contributed by atoms with van der Waals surface area (Å²) in [6, 6.07) is 0. The van der Waals surface area contributed by atoms with E-state index in [1.54, 1.807) is 11.9 Å². The molecule has 6 heteroatoms. The van der Waals surface area contributed by atoms with Crippen LogP contribution in [-0.2, 0) is 0 Å². The van der Waals surface area contributed by atoms with Gasteiger partial charge in [-0.2, -0.15) is 0 Å². The van der Waals surface area contributed by atoms with Gasteiger partial charge < -0.3 is 16.0 Å². The molecule has 0 aromatic carbocycles. The van der Waals surface area contributed by atoms with Gasteiger partial charge in [0.1, 0.15) is 10.7 Å². The van der Waals surface area contributed by atoms with Crippen molar-refractivity contribution in [3.8, 4) is 0 Å². The summed E-state index contributed by atoms with van der Waals surface area (Å²) in [5.74, 6) is 0.241. The molecule has 1 rings (SSSR count). The molecule has 102 valence electrons. The molecular formula is C12H22N4OS. The van der Waals surface area contributed by atoms with Crippen molar-refractivity contribution in [3.05, 3.63) is 4.88 Å².